The summed E-state index contributed by atoms with van der Waals surface area (Å²) in [5.74, 6) is 2.34. The average Bonchev–Trinajstić information content (AvgIpc) is 2.19. The fourth-order valence-corrected chi connectivity index (χ4v) is 2.82. The zero-order valence-corrected chi connectivity index (χ0v) is 14.1. The van der Waals surface area contributed by atoms with Crippen molar-refractivity contribution in [3.8, 4) is 0 Å². The van der Waals surface area contributed by atoms with E-state index in [0.717, 1.165) is 24.2 Å². The third-order valence-electron chi connectivity index (χ3n) is 4.76. The highest BCUT2D eigenvalue weighted by atomic mass is 14.4. The van der Waals surface area contributed by atoms with Crippen molar-refractivity contribution in [3.05, 3.63) is 12.7 Å². The van der Waals surface area contributed by atoms with Crippen molar-refractivity contribution in [2.45, 2.75) is 74.7 Å². The van der Waals surface area contributed by atoms with E-state index in [1.807, 2.05) is 0 Å². The quantitative estimate of drug-likeness (QED) is 0.485. The van der Waals surface area contributed by atoms with Crippen molar-refractivity contribution in [1.29, 1.82) is 0 Å². The Hall–Kier alpha value is -0.260. The largest absolute Gasteiger partial charge is 0.103 e. The minimum Gasteiger partial charge on any atom is -0.103 e. The van der Waals surface area contributed by atoms with Gasteiger partial charge in [-0.05, 0) is 41.4 Å². The summed E-state index contributed by atoms with van der Waals surface area (Å²) in [5.41, 5.74) is 0.805. The molecule has 0 nitrogen and oxygen atoms in total. The maximum absolute atomic E-state index is 3.94. The van der Waals surface area contributed by atoms with Crippen LogP contribution in [0.3, 0.4) is 0 Å². The van der Waals surface area contributed by atoms with Gasteiger partial charge in [-0.15, -0.1) is 6.58 Å². The highest BCUT2D eigenvalue weighted by Gasteiger charge is 2.34. The summed E-state index contributed by atoms with van der Waals surface area (Å²) in [4.78, 5) is 0. The van der Waals surface area contributed by atoms with Crippen LogP contribution in [0.2, 0.25) is 0 Å². The van der Waals surface area contributed by atoms with E-state index in [2.05, 4.69) is 68.0 Å². The molecule has 0 heterocycles. The Labute approximate surface area is 116 Å². The van der Waals surface area contributed by atoms with Crippen molar-refractivity contribution in [3.63, 3.8) is 0 Å². The molecule has 0 fully saturated rings. The highest BCUT2D eigenvalue weighted by Crippen LogP contribution is 2.43. The van der Waals surface area contributed by atoms with E-state index in [0.29, 0.717) is 10.8 Å². The topological polar surface area (TPSA) is 0 Å². The summed E-state index contributed by atoms with van der Waals surface area (Å²) in [6.45, 7) is 23.0. The molecule has 2 unspecified atom stereocenters. The molecular weight excluding hydrogens is 216 g/mol. The third kappa shape index (κ3) is 5.59. The van der Waals surface area contributed by atoms with Crippen LogP contribution in [0.4, 0.5) is 0 Å². The van der Waals surface area contributed by atoms with Gasteiger partial charge in [0.2, 0.25) is 0 Å². The van der Waals surface area contributed by atoms with E-state index in [1.54, 1.807) is 0 Å². The van der Waals surface area contributed by atoms with Crippen molar-refractivity contribution in [1.82, 2.24) is 0 Å². The molecule has 0 N–H and O–H groups in total. The number of allylic oxidation sites excluding steroid dienone is 1. The lowest BCUT2D eigenvalue weighted by Crippen LogP contribution is -2.32. The summed E-state index contributed by atoms with van der Waals surface area (Å²) < 4.78 is 0. The van der Waals surface area contributed by atoms with Crippen LogP contribution >= 0.6 is 0 Å². The van der Waals surface area contributed by atoms with E-state index >= 15 is 0 Å². The Morgan fingerprint density at radius 3 is 1.78 bits per heavy atom. The molecule has 0 aliphatic rings. The lowest BCUT2D eigenvalue weighted by atomic mass is 9.64. The summed E-state index contributed by atoms with van der Waals surface area (Å²) >= 11 is 0. The maximum atomic E-state index is 3.94. The monoisotopic (exact) mass is 252 g/mol. The van der Waals surface area contributed by atoms with Gasteiger partial charge in [0.05, 0.1) is 0 Å². The number of hydrogen-bond acceptors (Lipinski definition) is 0. The fourth-order valence-electron chi connectivity index (χ4n) is 2.82. The molecule has 0 bridgehead atoms. The predicted molar refractivity (Wildman–Crippen MR) is 84.8 cm³/mol. The van der Waals surface area contributed by atoms with Crippen LogP contribution in [0.1, 0.15) is 74.7 Å². The Bertz CT molecular complexity index is 236. The van der Waals surface area contributed by atoms with E-state index in [4.69, 9.17) is 0 Å². The van der Waals surface area contributed by atoms with Gasteiger partial charge in [0.1, 0.15) is 0 Å². The Balaban J connectivity index is 4.95. The van der Waals surface area contributed by atoms with Crippen LogP contribution in [0, 0.1) is 28.6 Å². The minimum absolute atomic E-state index is 0.392. The molecule has 0 amide bonds. The first kappa shape index (κ1) is 17.7. The summed E-state index contributed by atoms with van der Waals surface area (Å²) in [6.07, 6.45) is 5.87. The summed E-state index contributed by atoms with van der Waals surface area (Å²) in [7, 11) is 0. The van der Waals surface area contributed by atoms with Gasteiger partial charge in [-0.1, -0.05) is 67.9 Å². The minimum atomic E-state index is 0.392. The Kier molecular flexibility index (Phi) is 6.68. The Morgan fingerprint density at radius 2 is 1.50 bits per heavy atom. The molecule has 0 aromatic rings. The highest BCUT2D eigenvalue weighted by molar-refractivity contribution is 4.87. The maximum Gasteiger partial charge on any atom is -0.0322 e. The second kappa shape index (κ2) is 6.78. The molecule has 3 atom stereocenters. The molecule has 0 saturated carbocycles. The van der Waals surface area contributed by atoms with Gasteiger partial charge in [0.15, 0.2) is 0 Å². The molecule has 0 rings (SSSR count). The van der Waals surface area contributed by atoms with Crippen LogP contribution in [0.25, 0.3) is 0 Å². The molecule has 0 saturated heterocycles. The second-order valence-electron chi connectivity index (χ2n) is 8.17. The molecule has 0 heteroatoms. The van der Waals surface area contributed by atoms with Gasteiger partial charge < -0.3 is 0 Å². The number of hydrogen-bond donors (Lipinski definition) is 0. The lowest BCUT2D eigenvalue weighted by molar-refractivity contribution is 0.0925. The molecular formula is C18H36. The van der Waals surface area contributed by atoms with E-state index in [-0.39, 0.29) is 0 Å². The van der Waals surface area contributed by atoms with Crippen LogP contribution < -0.4 is 0 Å². The first-order valence-electron chi connectivity index (χ1n) is 7.64. The van der Waals surface area contributed by atoms with Crippen LogP contribution in [0.5, 0.6) is 0 Å². The molecule has 18 heavy (non-hydrogen) atoms. The summed E-state index contributed by atoms with van der Waals surface area (Å²) in [5, 5.41) is 0. The Morgan fingerprint density at radius 1 is 1.00 bits per heavy atom. The molecule has 108 valence electrons. The van der Waals surface area contributed by atoms with Gasteiger partial charge in [-0.2, -0.15) is 0 Å². The third-order valence-corrected chi connectivity index (χ3v) is 4.76. The molecule has 0 aliphatic carbocycles. The summed E-state index contributed by atoms with van der Waals surface area (Å²) in [6, 6.07) is 0. The molecule has 0 aliphatic heterocycles. The molecule has 0 aromatic heterocycles. The predicted octanol–water partition coefficient (Wildman–Crippen LogP) is 6.32. The van der Waals surface area contributed by atoms with E-state index < -0.39 is 0 Å². The number of rotatable bonds is 6. The van der Waals surface area contributed by atoms with Crippen LogP contribution in [-0.2, 0) is 0 Å². The van der Waals surface area contributed by atoms with Crippen molar-refractivity contribution in [2.24, 2.45) is 28.6 Å². The average molecular weight is 252 g/mol. The second-order valence-corrected chi connectivity index (χ2v) is 8.17. The first-order chi connectivity index (χ1) is 8.04. The van der Waals surface area contributed by atoms with Gasteiger partial charge in [0, 0.05) is 0 Å². The van der Waals surface area contributed by atoms with Crippen molar-refractivity contribution >= 4 is 0 Å². The zero-order valence-electron chi connectivity index (χ0n) is 14.1. The van der Waals surface area contributed by atoms with Gasteiger partial charge in [-0.25, -0.2) is 0 Å². The van der Waals surface area contributed by atoms with Gasteiger partial charge in [-0.3, -0.25) is 0 Å². The van der Waals surface area contributed by atoms with Gasteiger partial charge in [0.25, 0.3) is 0 Å². The van der Waals surface area contributed by atoms with E-state index in [1.165, 1.54) is 12.8 Å². The first-order valence-corrected chi connectivity index (χ1v) is 7.64. The zero-order chi connectivity index (χ0) is 14.6. The normalized spacial score (nSPS) is 18.2. The standard InChI is InChI=1S/C18H36/c1-10-12-15(11-2)16(18(7,8)9)13-14(3)17(4,5)6/h10,14-16H,1,11-13H2,2-9H3/t14?,15-,16?/m1/s1. The smallest absolute Gasteiger partial charge is 0.0322 e. The van der Waals surface area contributed by atoms with Crippen molar-refractivity contribution < 1.29 is 0 Å². The molecule has 0 spiro atoms. The van der Waals surface area contributed by atoms with Crippen molar-refractivity contribution in [2.75, 3.05) is 0 Å². The van der Waals surface area contributed by atoms with E-state index in [9.17, 15) is 0 Å². The van der Waals surface area contributed by atoms with Crippen LogP contribution in [0.15, 0.2) is 12.7 Å². The molecule has 0 radical (unpaired) electrons. The lowest BCUT2D eigenvalue weighted by Gasteiger charge is -2.41. The fraction of sp³-hybridized carbons (Fsp3) is 0.889. The molecule has 0 aromatic carbocycles. The SMILES string of the molecule is C=CC[C@@H](CC)C(CC(C)C(C)(C)C)C(C)(C)C. The van der Waals surface area contributed by atoms with Crippen LogP contribution in [-0.4, -0.2) is 0 Å². The van der Waals surface area contributed by atoms with Gasteiger partial charge >= 0.3 is 0 Å².